The van der Waals surface area contributed by atoms with Gasteiger partial charge in [0.05, 0.1) is 0 Å². The number of fused-ring (bicyclic) bond motifs is 1. The summed E-state index contributed by atoms with van der Waals surface area (Å²) in [6.07, 6.45) is 0. The minimum atomic E-state index is 0.123. The Morgan fingerprint density at radius 3 is 1.15 bits per heavy atom. The molecule has 0 radical (unpaired) electrons. The fraction of sp³-hybridized carbons (Fsp3) is 0.444. The van der Waals surface area contributed by atoms with Gasteiger partial charge in [0.25, 0.3) is 0 Å². The third kappa shape index (κ3) is 3.12. The van der Waals surface area contributed by atoms with Crippen LogP contribution >= 0.6 is 31.9 Å². The first-order chi connectivity index (χ1) is 9.00. The maximum Gasteiger partial charge on any atom is 0.0184 e. The number of benzene rings is 2. The maximum atomic E-state index is 3.68. The highest BCUT2D eigenvalue weighted by atomic mass is 79.9. The molecule has 2 heteroatoms. The van der Waals surface area contributed by atoms with Gasteiger partial charge in [-0.25, -0.2) is 0 Å². The molecule has 0 aliphatic rings. The molecule has 20 heavy (non-hydrogen) atoms. The molecule has 0 nitrogen and oxygen atoms in total. The Hall–Kier alpha value is -0.340. The van der Waals surface area contributed by atoms with Crippen LogP contribution in [0, 0.1) is 0 Å². The van der Waals surface area contributed by atoms with Gasteiger partial charge in [-0.15, -0.1) is 0 Å². The first-order valence-electron chi connectivity index (χ1n) is 6.94. The molecule has 0 unspecified atom stereocenters. The van der Waals surface area contributed by atoms with Crippen LogP contribution in [-0.4, -0.2) is 0 Å². The summed E-state index contributed by atoms with van der Waals surface area (Å²) in [7, 11) is 0. The van der Waals surface area contributed by atoms with E-state index in [2.05, 4.69) is 97.7 Å². The molecule has 0 fully saturated rings. The topological polar surface area (TPSA) is 0 Å². The van der Waals surface area contributed by atoms with Gasteiger partial charge in [-0.1, -0.05) is 73.4 Å². The van der Waals surface area contributed by atoms with E-state index in [-0.39, 0.29) is 10.8 Å². The molecule has 0 heterocycles. The summed E-state index contributed by atoms with van der Waals surface area (Å²) in [5.74, 6) is 0. The summed E-state index contributed by atoms with van der Waals surface area (Å²) < 4.78 is 2.31. The van der Waals surface area contributed by atoms with E-state index in [1.807, 2.05) is 0 Å². The van der Waals surface area contributed by atoms with Gasteiger partial charge in [0.15, 0.2) is 0 Å². The minimum absolute atomic E-state index is 0.123. The Bertz CT molecular complexity index is 596. The summed E-state index contributed by atoms with van der Waals surface area (Å²) in [4.78, 5) is 0. The number of halogens is 2. The zero-order chi connectivity index (χ0) is 15.3. The summed E-state index contributed by atoms with van der Waals surface area (Å²) in [5.41, 5.74) is 3.01. The van der Waals surface area contributed by atoms with Crippen molar-refractivity contribution in [2.75, 3.05) is 0 Å². The number of hydrogen-bond acceptors (Lipinski definition) is 0. The zero-order valence-corrected chi connectivity index (χ0v) is 16.2. The van der Waals surface area contributed by atoms with Gasteiger partial charge in [0.2, 0.25) is 0 Å². The molecule has 0 atom stereocenters. The second-order valence-electron chi connectivity index (χ2n) is 7.50. The SMILES string of the molecule is CC(C)(C)c1cc(Br)cc2c(C(C)(C)C)cc(Br)cc12. The van der Waals surface area contributed by atoms with E-state index >= 15 is 0 Å². The highest BCUT2D eigenvalue weighted by Gasteiger charge is 2.23. The van der Waals surface area contributed by atoms with Crippen molar-refractivity contribution in [3.05, 3.63) is 44.3 Å². The Balaban J connectivity index is 2.97. The molecular weight excluding hydrogens is 376 g/mol. The highest BCUT2D eigenvalue weighted by molar-refractivity contribution is 9.10. The molecule has 0 bridgehead atoms. The van der Waals surface area contributed by atoms with E-state index in [9.17, 15) is 0 Å². The van der Waals surface area contributed by atoms with Crippen LogP contribution < -0.4 is 0 Å². The lowest BCUT2D eigenvalue weighted by Gasteiger charge is -2.26. The smallest absolute Gasteiger partial charge is 0.0184 e. The predicted octanol–water partition coefficient (Wildman–Crippen LogP) is 6.96. The molecule has 0 amide bonds. The standard InChI is InChI=1S/C18H22Br2/c1-17(2,3)15-9-11(19)8-14-13(15)7-12(20)10-16(14)18(4,5)6/h7-10H,1-6H3. The van der Waals surface area contributed by atoms with Crippen molar-refractivity contribution in [3.8, 4) is 0 Å². The van der Waals surface area contributed by atoms with Crippen LogP contribution in [0.25, 0.3) is 10.8 Å². The summed E-state index contributed by atoms with van der Waals surface area (Å²) in [6, 6.07) is 9.00. The van der Waals surface area contributed by atoms with Crippen molar-refractivity contribution in [1.82, 2.24) is 0 Å². The molecule has 0 aliphatic carbocycles. The van der Waals surface area contributed by atoms with Crippen LogP contribution in [-0.2, 0) is 10.8 Å². The summed E-state index contributed by atoms with van der Waals surface area (Å²) in [5, 5.41) is 2.69. The fourth-order valence-corrected chi connectivity index (χ4v) is 3.55. The predicted molar refractivity (Wildman–Crippen MR) is 96.7 cm³/mol. The molecular formula is C18H22Br2. The van der Waals surface area contributed by atoms with Gasteiger partial charge in [-0.05, 0) is 57.0 Å². The lowest BCUT2D eigenvalue weighted by molar-refractivity contribution is 0.590. The average molecular weight is 398 g/mol. The second-order valence-corrected chi connectivity index (χ2v) is 9.33. The van der Waals surface area contributed by atoms with Crippen molar-refractivity contribution < 1.29 is 0 Å². The van der Waals surface area contributed by atoms with Crippen LogP contribution in [0.5, 0.6) is 0 Å². The molecule has 0 N–H and O–H groups in total. The van der Waals surface area contributed by atoms with Crippen molar-refractivity contribution >= 4 is 42.6 Å². The Kier molecular flexibility index (Phi) is 4.12. The summed E-state index contributed by atoms with van der Waals surface area (Å²) in [6.45, 7) is 13.6. The maximum absolute atomic E-state index is 3.68. The van der Waals surface area contributed by atoms with Gasteiger partial charge >= 0.3 is 0 Å². The van der Waals surface area contributed by atoms with Crippen LogP contribution in [0.3, 0.4) is 0 Å². The molecule has 0 saturated carbocycles. The molecule has 2 aromatic carbocycles. The molecule has 2 rings (SSSR count). The second kappa shape index (κ2) is 5.14. The molecule has 0 spiro atoms. The Labute approximate surface area is 139 Å². The van der Waals surface area contributed by atoms with Crippen LogP contribution in [0.2, 0.25) is 0 Å². The Morgan fingerprint density at radius 2 is 0.900 bits per heavy atom. The first kappa shape index (κ1) is 16.0. The third-order valence-corrected chi connectivity index (χ3v) is 4.53. The van der Waals surface area contributed by atoms with Crippen LogP contribution in [0.4, 0.5) is 0 Å². The van der Waals surface area contributed by atoms with E-state index in [4.69, 9.17) is 0 Å². The van der Waals surface area contributed by atoms with E-state index in [0.29, 0.717) is 0 Å². The quantitative estimate of drug-likeness (QED) is 0.450. The third-order valence-electron chi connectivity index (χ3n) is 3.62. The monoisotopic (exact) mass is 396 g/mol. The largest absolute Gasteiger partial charge is 0.0561 e. The van der Waals surface area contributed by atoms with Crippen LogP contribution in [0.1, 0.15) is 52.7 Å². The van der Waals surface area contributed by atoms with Crippen molar-refractivity contribution in [1.29, 1.82) is 0 Å². The van der Waals surface area contributed by atoms with E-state index in [0.717, 1.165) is 8.95 Å². The van der Waals surface area contributed by atoms with Gasteiger partial charge in [-0.3, -0.25) is 0 Å². The lowest BCUT2D eigenvalue weighted by atomic mass is 9.79. The zero-order valence-electron chi connectivity index (χ0n) is 13.1. The van der Waals surface area contributed by atoms with Crippen LogP contribution in [0.15, 0.2) is 33.2 Å². The molecule has 0 saturated heterocycles. The highest BCUT2D eigenvalue weighted by Crippen LogP contribution is 2.39. The Morgan fingerprint density at radius 1 is 0.600 bits per heavy atom. The normalized spacial score (nSPS) is 13.0. The van der Waals surface area contributed by atoms with Crippen molar-refractivity contribution in [2.24, 2.45) is 0 Å². The molecule has 0 aromatic heterocycles. The van der Waals surface area contributed by atoms with Crippen molar-refractivity contribution in [3.63, 3.8) is 0 Å². The molecule has 2 aromatic rings. The average Bonchev–Trinajstić information content (AvgIpc) is 2.25. The van der Waals surface area contributed by atoms with Crippen molar-refractivity contribution in [2.45, 2.75) is 52.4 Å². The van der Waals surface area contributed by atoms with Gasteiger partial charge in [-0.2, -0.15) is 0 Å². The minimum Gasteiger partial charge on any atom is -0.0561 e. The molecule has 108 valence electrons. The van der Waals surface area contributed by atoms with E-state index in [1.165, 1.54) is 21.9 Å². The summed E-state index contributed by atoms with van der Waals surface area (Å²) >= 11 is 7.37. The fourth-order valence-electron chi connectivity index (χ4n) is 2.63. The van der Waals surface area contributed by atoms with E-state index < -0.39 is 0 Å². The number of rotatable bonds is 0. The number of hydrogen-bond donors (Lipinski definition) is 0. The van der Waals surface area contributed by atoms with Gasteiger partial charge in [0.1, 0.15) is 0 Å². The van der Waals surface area contributed by atoms with E-state index in [1.54, 1.807) is 0 Å². The van der Waals surface area contributed by atoms with Gasteiger partial charge < -0.3 is 0 Å². The van der Waals surface area contributed by atoms with Gasteiger partial charge in [0, 0.05) is 8.95 Å². The lowest BCUT2D eigenvalue weighted by Crippen LogP contribution is -2.15. The first-order valence-corrected chi connectivity index (χ1v) is 8.52. The molecule has 0 aliphatic heterocycles.